The van der Waals surface area contributed by atoms with E-state index in [0.717, 1.165) is 0 Å². The molecule has 1 fully saturated rings. The zero-order chi connectivity index (χ0) is 11.8. The number of carbonyl (C=O) groups is 1. The number of hydrogen-bond acceptors (Lipinski definition) is 3. The predicted octanol–water partition coefficient (Wildman–Crippen LogP) is 1.15. The van der Waals surface area contributed by atoms with Gasteiger partial charge in [-0.15, -0.1) is 0 Å². The minimum atomic E-state index is -1.05. The van der Waals surface area contributed by atoms with E-state index in [-0.39, 0.29) is 24.6 Å². The van der Waals surface area contributed by atoms with Gasteiger partial charge in [-0.2, -0.15) is 0 Å². The summed E-state index contributed by atoms with van der Waals surface area (Å²) in [6, 6.07) is 3.09. The standard InChI is InChI=1S/C11H13FN2O2/c1-11(5-9(11)12)10(16)14-6-7-8(15)3-2-4-13-7/h2-4,9,15H,5-6H2,1H3,(H,14,16)/t9-,11+/m1/s1. The summed E-state index contributed by atoms with van der Waals surface area (Å²) in [5.41, 5.74) is -0.500. The Hall–Kier alpha value is -1.65. The maximum atomic E-state index is 12.9. The van der Waals surface area contributed by atoms with Crippen LogP contribution >= 0.6 is 0 Å². The van der Waals surface area contributed by atoms with Crippen LogP contribution in [0.1, 0.15) is 19.0 Å². The fourth-order valence-corrected chi connectivity index (χ4v) is 1.48. The SMILES string of the molecule is C[C@]1(C(=O)NCc2ncccc2O)C[C@H]1F. The zero-order valence-corrected chi connectivity index (χ0v) is 8.90. The van der Waals surface area contributed by atoms with Crippen molar-refractivity contribution in [1.29, 1.82) is 0 Å². The van der Waals surface area contributed by atoms with Crippen LogP contribution in [-0.2, 0) is 11.3 Å². The summed E-state index contributed by atoms with van der Waals surface area (Å²) in [7, 11) is 0. The molecule has 1 amide bonds. The van der Waals surface area contributed by atoms with Gasteiger partial charge in [0.25, 0.3) is 0 Å². The highest BCUT2D eigenvalue weighted by molar-refractivity contribution is 5.86. The van der Waals surface area contributed by atoms with Crippen LogP contribution in [0.25, 0.3) is 0 Å². The van der Waals surface area contributed by atoms with Crippen molar-refractivity contribution in [1.82, 2.24) is 10.3 Å². The van der Waals surface area contributed by atoms with E-state index in [4.69, 9.17) is 0 Å². The molecule has 16 heavy (non-hydrogen) atoms. The molecule has 2 atom stereocenters. The molecule has 0 radical (unpaired) electrons. The van der Waals surface area contributed by atoms with Crippen molar-refractivity contribution >= 4 is 5.91 Å². The molecule has 86 valence electrons. The molecule has 1 aliphatic carbocycles. The first-order chi connectivity index (χ1) is 7.54. The van der Waals surface area contributed by atoms with Gasteiger partial charge in [0.05, 0.1) is 12.0 Å². The predicted molar refractivity (Wildman–Crippen MR) is 55.4 cm³/mol. The van der Waals surface area contributed by atoms with Crippen LogP contribution in [-0.4, -0.2) is 22.2 Å². The highest BCUT2D eigenvalue weighted by Gasteiger charge is 2.57. The smallest absolute Gasteiger partial charge is 0.229 e. The van der Waals surface area contributed by atoms with E-state index in [1.54, 1.807) is 13.0 Å². The van der Waals surface area contributed by atoms with Gasteiger partial charge in [-0.25, -0.2) is 4.39 Å². The summed E-state index contributed by atoms with van der Waals surface area (Å²) in [6.45, 7) is 1.71. The number of alkyl halides is 1. The van der Waals surface area contributed by atoms with E-state index >= 15 is 0 Å². The Labute approximate surface area is 92.5 Å². The highest BCUT2D eigenvalue weighted by Crippen LogP contribution is 2.48. The molecule has 0 aromatic carbocycles. The Bertz CT molecular complexity index is 424. The van der Waals surface area contributed by atoms with Crippen LogP contribution in [0.4, 0.5) is 4.39 Å². The number of amides is 1. The van der Waals surface area contributed by atoms with Gasteiger partial charge < -0.3 is 10.4 Å². The Morgan fingerprint density at radius 1 is 1.81 bits per heavy atom. The van der Waals surface area contributed by atoms with Gasteiger partial charge in [-0.3, -0.25) is 9.78 Å². The fourth-order valence-electron chi connectivity index (χ4n) is 1.48. The van der Waals surface area contributed by atoms with E-state index in [1.807, 2.05) is 0 Å². The van der Waals surface area contributed by atoms with E-state index < -0.39 is 11.6 Å². The molecule has 1 aromatic rings. The maximum absolute atomic E-state index is 12.9. The van der Waals surface area contributed by atoms with Crippen molar-refractivity contribution in [3.8, 4) is 5.75 Å². The van der Waals surface area contributed by atoms with Gasteiger partial charge in [0.15, 0.2) is 0 Å². The van der Waals surface area contributed by atoms with Crippen LogP contribution in [0.3, 0.4) is 0 Å². The van der Waals surface area contributed by atoms with Crippen LogP contribution < -0.4 is 5.32 Å². The van der Waals surface area contributed by atoms with Gasteiger partial charge in [0.2, 0.25) is 5.91 Å². The van der Waals surface area contributed by atoms with Crippen LogP contribution in [0, 0.1) is 5.41 Å². The topological polar surface area (TPSA) is 62.2 Å². The number of aromatic hydroxyl groups is 1. The molecular formula is C11H13FN2O2. The maximum Gasteiger partial charge on any atom is 0.229 e. The number of pyridine rings is 1. The molecule has 2 N–H and O–H groups in total. The number of halogens is 1. The van der Waals surface area contributed by atoms with Gasteiger partial charge in [-0.1, -0.05) is 0 Å². The summed E-state index contributed by atoms with van der Waals surface area (Å²) in [6.07, 6.45) is 0.746. The first-order valence-electron chi connectivity index (χ1n) is 5.09. The fraction of sp³-hybridized carbons (Fsp3) is 0.455. The summed E-state index contributed by atoms with van der Waals surface area (Å²) in [4.78, 5) is 15.5. The lowest BCUT2D eigenvalue weighted by molar-refractivity contribution is -0.126. The van der Waals surface area contributed by atoms with Crippen molar-refractivity contribution in [3.63, 3.8) is 0 Å². The Balaban J connectivity index is 1.94. The molecule has 4 nitrogen and oxygen atoms in total. The van der Waals surface area contributed by atoms with Crippen LogP contribution in [0.15, 0.2) is 18.3 Å². The minimum absolute atomic E-state index is 0.0283. The van der Waals surface area contributed by atoms with Gasteiger partial charge in [0.1, 0.15) is 17.6 Å². The number of rotatable bonds is 3. The molecular weight excluding hydrogens is 211 g/mol. The van der Waals surface area contributed by atoms with Crippen molar-refractivity contribution in [2.45, 2.75) is 26.1 Å². The lowest BCUT2D eigenvalue weighted by Gasteiger charge is -2.10. The lowest BCUT2D eigenvalue weighted by atomic mass is 10.1. The normalized spacial score (nSPS) is 27.5. The van der Waals surface area contributed by atoms with Gasteiger partial charge >= 0.3 is 0 Å². The third-order valence-electron chi connectivity index (χ3n) is 2.94. The number of aromatic nitrogens is 1. The van der Waals surface area contributed by atoms with Crippen molar-refractivity contribution in [3.05, 3.63) is 24.0 Å². The molecule has 0 saturated heterocycles. The molecule has 1 aromatic heterocycles. The van der Waals surface area contributed by atoms with Crippen molar-refractivity contribution < 1.29 is 14.3 Å². The van der Waals surface area contributed by atoms with E-state index in [2.05, 4.69) is 10.3 Å². The quantitative estimate of drug-likeness (QED) is 0.809. The monoisotopic (exact) mass is 224 g/mol. The number of hydrogen-bond donors (Lipinski definition) is 2. The van der Waals surface area contributed by atoms with Gasteiger partial charge in [-0.05, 0) is 25.5 Å². The van der Waals surface area contributed by atoms with Crippen molar-refractivity contribution in [2.24, 2.45) is 5.41 Å². The van der Waals surface area contributed by atoms with Crippen LogP contribution in [0.2, 0.25) is 0 Å². The number of nitrogens with zero attached hydrogens (tertiary/aromatic N) is 1. The largest absolute Gasteiger partial charge is 0.506 e. The zero-order valence-electron chi connectivity index (χ0n) is 8.90. The molecule has 1 saturated carbocycles. The average molecular weight is 224 g/mol. The average Bonchev–Trinajstić information content (AvgIpc) is 2.87. The molecule has 1 heterocycles. The second-order valence-corrected chi connectivity index (χ2v) is 4.24. The molecule has 1 aliphatic rings. The molecule has 0 aliphatic heterocycles. The third-order valence-corrected chi connectivity index (χ3v) is 2.94. The number of carbonyl (C=O) groups excluding carboxylic acids is 1. The van der Waals surface area contributed by atoms with E-state index in [1.165, 1.54) is 12.3 Å². The Kier molecular flexibility index (Phi) is 2.53. The second kappa shape index (κ2) is 3.73. The van der Waals surface area contributed by atoms with Crippen LogP contribution in [0.5, 0.6) is 5.75 Å². The molecule has 0 spiro atoms. The van der Waals surface area contributed by atoms with E-state index in [9.17, 15) is 14.3 Å². The van der Waals surface area contributed by atoms with E-state index in [0.29, 0.717) is 5.69 Å². The molecule has 0 bridgehead atoms. The van der Waals surface area contributed by atoms with Crippen molar-refractivity contribution in [2.75, 3.05) is 0 Å². The third kappa shape index (κ3) is 1.85. The molecule has 5 heteroatoms. The summed E-state index contributed by atoms with van der Waals surface area (Å²) >= 11 is 0. The summed E-state index contributed by atoms with van der Waals surface area (Å²) in [5, 5.41) is 12.0. The summed E-state index contributed by atoms with van der Waals surface area (Å²) < 4.78 is 12.9. The molecule has 2 rings (SSSR count). The lowest BCUT2D eigenvalue weighted by Crippen LogP contribution is -2.31. The molecule has 0 unspecified atom stereocenters. The number of nitrogens with one attached hydrogen (secondary N) is 1. The highest BCUT2D eigenvalue weighted by atomic mass is 19.1. The second-order valence-electron chi connectivity index (χ2n) is 4.24. The minimum Gasteiger partial charge on any atom is -0.506 e. The first-order valence-corrected chi connectivity index (χ1v) is 5.09. The Morgan fingerprint density at radius 3 is 3.06 bits per heavy atom. The summed E-state index contributed by atoms with van der Waals surface area (Å²) in [5.74, 6) is -0.300. The van der Waals surface area contributed by atoms with Gasteiger partial charge in [0, 0.05) is 6.20 Å². The Morgan fingerprint density at radius 2 is 2.50 bits per heavy atom. The first kappa shape index (κ1) is 10.9.